The molecule has 0 saturated heterocycles. The van der Waals surface area contributed by atoms with Crippen molar-refractivity contribution < 1.29 is 13.5 Å². The molecule has 3 nitrogen and oxygen atoms in total. The van der Waals surface area contributed by atoms with Crippen molar-refractivity contribution in [3.63, 3.8) is 0 Å². The van der Waals surface area contributed by atoms with E-state index in [0.717, 1.165) is 0 Å². The van der Waals surface area contributed by atoms with Gasteiger partial charge in [0.15, 0.2) is 9.84 Å². The molecule has 0 aliphatic carbocycles. The highest BCUT2D eigenvalue weighted by Crippen LogP contribution is 2.45. The van der Waals surface area contributed by atoms with Crippen LogP contribution in [0, 0.1) is 0 Å². The molecule has 0 spiro atoms. The molecular weight excluding hydrogens is 433 g/mol. The van der Waals surface area contributed by atoms with Crippen molar-refractivity contribution in [3.05, 3.63) is 33.8 Å². The lowest BCUT2D eigenvalue weighted by atomic mass is 10.1. The predicted octanol–water partition coefficient (Wildman–Crippen LogP) is 3.79. The van der Waals surface area contributed by atoms with Crippen molar-refractivity contribution in [2.24, 2.45) is 0 Å². The number of rotatable bonds is 4. The van der Waals surface area contributed by atoms with Crippen LogP contribution in [0.5, 0.6) is 0 Å². The number of hydrogen-bond acceptors (Lipinski definition) is 3. The van der Waals surface area contributed by atoms with Gasteiger partial charge in [0.05, 0.1) is 5.75 Å². The molecule has 0 aromatic heterocycles. The van der Waals surface area contributed by atoms with Crippen LogP contribution in [0.2, 0.25) is 10.0 Å². The van der Waals surface area contributed by atoms with Gasteiger partial charge in [-0.2, -0.15) is 0 Å². The molecule has 8 heteroatoms. The predicted molar refractivity (Wildman–Crippen MR) is 83.5 cm³/mol. The number of alkyl halides is 2. The van der Waals surface area contributed by atoms with E-state index in [2.05, 4.69) is 0 Å². The molecule has 0 unspecified atom stereocenters. The van der Waals surface area contributed by atoms with Crippen LogP contribution in [0.1, 0.15) is 18.6 Å². The molecule has 102 valence electrons. The van der Waals surface area contributed by atoms with Gasteiger partial charge in [-0.1, -0.05) is 47.8 Å². The Morgan fingerprint density at radius 3 is 2.44 bits per heavy atom. The van der Waals surface area contributed by atoms with E-state index in [1.807, 2.05) is 0 Å². The molecule has 1 aromatic rings. The summed E-state index contributed by atoms with van der Waals surface area (Å²) in [7, 11) is -3.66. The first-order chi connectivity index (χ1) is 8.13. The van der Waals surface area contributed by atoms with Gasteiger partial charge < -0.3 is 5.11 Å². The van der Waals surface area contributed by atoms with Gasteiger partial charge in [-0.3, -0.25) is 0 Å². The summed E-state index contributed by atoms with van der Waals surface area (Å²) in [4.78, 5) is 0. The van der Waals surface area contributed by atoms with Crippen LogP contribution in [-0.2, 0) is 9.84 Å². The van der Waals surface area contributed by atoms with E-state index in [4.69, 9.17) is 34.8 Å². The summed E-state index contributed by atoms with van der Waals surface area (Å²) in [6, 6.07) is 4.38. The summed E-state index contributed by atoms with van der Waals surface area (Å²) < 4.78 is 21.8. The van der Waals surface area contributed by atoms with Crippen molar-refractivity contribution in [1.82, 2.24) is 0 Å². The zero-order chi connectivity index (χ0) is 14.1. The Labute approximate surface area is 134 Å². The zero-order valence-corrected chi connectivity index (χ0v) is 14.4. The van der Waals surface area contributed by atoms with Gasteiger partial charge in [0.1, 0.15) is 6.10 Å². The summed E-state index contributed by atoms with van der Waals surface area (Å²) >= 11 is 19.1. The highest BCUT2D eigenvalue weighted by atomic mass is 127. The van der Waals surface area contributed by atoms with Crippen LogP contribution in [0.25, 0.3) is 0 Å². The molecule has 1 rings (SSSR count). The van der Waals surface area contributed by atoms with Gasteiger partial charge in [0.2, 0.25) is 2.21 Å². The maximum absolute atomic E-state index is 11.8. The molecule has 2 atom stereocenters. The van der Waals surface area contributed by atoms with Crippen LogP contribution >= 0.6 is 57.4 Å². The molecule has 0 aliphatic rings. The molecule has 0 bridgehead atoms. The highest BCUT2D eigenvalue weighted by molar-refractivity contribution is 14.1. The summed E-state index contributed by atoms with van der Waals surface area (Å²) in [5.74, 6) is -0.179. The van der Waals surface area contributed by atoms with E-state index in [1.54, 1.807) is 0 Å². The molecule has 0 aliphatic heterocycles. The van der Waals surface area contributed by atoms with Crippen molar-refractivity contribution >= 4 is 67.2 Å². The van der Waals surface area contributed by atoms with Crippen LogP contribution in [-0.4, -0.2) is 21.5 Å². The minimum Gasteiger partial charge on any atom is -0.385 e. The normalized spacial score (nSPS) is 17.2. The fraction of sp³-hybridized carbons (Fsp3) is 0.400. The first kappa shape index (κ1) is 16.8. The highest BCUT2D eigenvalue weighted by Gasteiger charge is 2.46. The van der Waals surface area contributed by atoms with Gasteiger partial charge in [0.25, 0.3) is 0 Å². The Bertz CT molecular complexity index is 545. The van der Waals surface area contributed by atoms with E-state index in [-0.39, 0.29) is 16.3 Å². The zero-order valence-electron chi connectivity index (χ0n) is 9.20. The Balaban J connectivity index is 3.26. The lowest BCUT2D eigenvalue weighted by Crippen LogP contribution is -2.34. The Morgan fingerprint density at radius 2 is 2.00 bits per heavy atom. The summed E-state index contributed by atoms with van der Waals surface area (Å²) in [6.07, 6.45) is -1.45. The van der Waals surface area contributed by atoms with Crippen LogP contribution < -0.4 is 0 Å². The van der Waals surface area contributed by atoms with Crippen molar-refractivity contribution in [2.45, 2.75) is 15.2 Å². The largest absolute Gasteiger partial charge is 0.385 e. The maximum Gasteiger partial charge on any atom is 0.225 e. The number of benzene rings is 1. The van der Waals surface area contributed by atoms with Gasteiger partial charge >= 0.3 is 0 Å². The van der Waals surface area contributed by atoms with Gasteiger partial charge in [-0.15, -0.1) is 0 Å². The van der Waals surface area contributed by atoms with E-state index in [9.17, 15) is 13.5 Å². The monoisotopic (exact) mass is 442 g/mol. The second kappa shape index (κ2) is 6.01. The fourth-order valence-corrected chi connectivity index (χ4v) is 4.35. The third kappa shape index (κ3) is 3.24. The van der Waals surface area contributed by atoms with E-state index < -0.39 is 18.2 Å². The topological polar surface area (TPSA) is 54.4 Å². The van der Waals surface area contributed by atoms with Crippen molar-refractivity contribution in [3.8, 4) is 0 Å². The molecule has 0 fully saturated rings. The minimum absolute atomic E-state index is 0.169. The molecule has 0 amide bonds. The third-order valence-electron chi connectivity index (χ3n) is 2.37. The Morgan fingerprint density at radius 1 is 1.44 bits per heavy atom. The third-order valence-corrected chi connectivity index (χ3v) is 8.26. The van der Waals surface area contributed by atoms with Crippen LogP contribution in [0.15, 0.2) is 18.2 Å². The number of aliphatic hydroxyl groups excluding tert-OH is 1. The number of sulfone groups is 1. The SMILES string of the molecule is CCS(=O)(=O)[C@](Cl)(I)[C@@H](O)c1ccc(Cl)cc1Cl. The van der Waals surface area contributed by atoms with Crippen LogP contribution in [0.4, 0.5) is 0 Å². The number of hydrogen-bond donors (Lipinski definition) is 1. The lowest BCUT2D eigenvalue weighted by Gasteiger charge is -2.26. The van der Waals surface area contributed by atoms with Crippen molar-refractivity contribution in [2.75, 3.05) is 5.75 Å². The minimum atomic E-state index is -3.66. The number of halogens is 4. The van der Waals surface area contributed by atoms with E-state index in [1.165, 1.54) is 47.7 Å². The summed E-state index contributed by atoms with van der Waals surface area (Å²) in [5.41, 5.74) is 0.225. The first-order valence-electron chi connectivity index (χ1n) is 4.86. The quantitative estimate of drug-likeness (QED) is 0.569. The molecule has 0 heterocycles. The Hall–Kier alpha value is 0.730. The maximum atomic E-state index is 11.8. The van der Waals surface area contributed by atoms with E-state index >= 15 is 0 Å². The van der Waals surface area contributed by atoms with Crippen molar-refractivity contribution in [1.29, 1.82) is 0 Å². The molecule has 1 N–H and O–H groups in total. The fourth-order valence-electron chi connectivity index (χ4n) is 1.27. The summed E-state index contributed by atoms with van der Waals surface area (Å²) in [6.45, 7) is 1.46. The second-order valence-corrected chi connectivity index (χ2v) is 10.7. The Kier molecular flexibility index (Phi) is 5.61. The van der Waals surface area contributed by atoms with Gasteiger partial charge in [-0.25, -0.2) is 8.42 Å². The second-order valence-electron chi connectivity index (χ2n) is 3.53. The molecular formula is C10H10Cl3IO3S. The smallest absolute Gasteiger partial charge is 0.225 e. The standard InChI is InChI=1S/C10H10Cl3IO3S/c1-2-18(16,17)10(13,14)9(15)7-4-3-6(11)5-8(7)12/h3-5,9,15H,2H2,1H3/t9-,10+/m0/s1. The average Bonchev–Trinajstić information content (AvgIpc) is 2.28. The van der Waals surface area contributed by atoms with Gasteiger partial charge in [0, 0.05) is 15.6 Å². The molecule has 0 radical (unpaired) electrons. The van der Waals surface area contributed by atoms with Gasteiger partial charge in [-0.05, 0) is 34.7 Å². The molecule has 0 saturated carbocycles. The molecule has 18 heavy (non-hydrogen) atoms. The average molecular weight is 444 g/mol. The number of aliphatic hydroxyl groups is 1. The van der Waals surface area contributed by atoms with E-state index in [0.29, 0.717) is 5.02 Å². The van der Waals surface area contributed by atoms with Crippen LogP contribution in [0.3, 0.4) is 0 Å². The summed E-state index contributed by atoms with van der Waals surface area (Å²) in [5, 5.41) is 10.7. The molecule has 1 aromatic carbocycles. The first-order valence-corrected chi connectivity index (χ1v) is 8.73. The lowest BCUT2D eigenvalue weighted by molar-refractivity contribution is 0.187.